The number of hydrogen-bond acceptors (Lipinski definition) is 6. The van der Waals surface area contributed by atoms with Crippen molar-refractivity contribution >= 4 is 52.2 Å². The first-order chi connectivity index (χ1) is 13.9. The molecule has 2 aliphatic heterocycles. The van der Waals surface area contributed by atoms with Crippen LogP contribution in [0, 0.1) is 0 Å². The number of carbonyl (C=O) groups is 3. The van der Waals surface area contributed by atoms with Gasteiger partial charge in [0.2, 0.25) is 0 Å². The van der Waals surface area contributed by atoms with E-state index in [4.69, 9.17) is 11.6 Å². The Morgan fingerprint density at radius 2 is 2.24 bits per heavy atom. The molecule has 2 fully saturated rings. The molecular weight excluding hydrogens is 414 g/mol. The zero-order valence-electron chi connectivity index (χ0n) is 15.5. The van der Waals surface area contributed by atoms with Crippen LogP contribution in [0.5, 0.6) is 0 Å². The fourth-order valence-electron chi connectivity index (χ4n) is 3.43. The second-order valence-electron chi connectivity index (χ2n) is 6.84. The lowest BCUT2D eigenvalue weighted by atomic mass is 10.1. The molecule has 3 amide bonds. The molecule has 29 heavy (non-hydrogen) atoms. The molecule has 0 bridgehead atoms. The Morgan fingerprint density at radius 1 is 1.41 bits per heavy atom. The van der Waals surface area contributed by atoms with Gasteiger partial charge in [-0.15, -0.1) is 0 Å². The number of thioether (sulfide) groups is 1. The number of aryl methyl sites for hydroxylation is 1. The lowest BCUT2D eigenvalue weighted by Crippen LogP contribution is -2.37. The van der Waals surface area contributed by atoms with Crippen molar-refractivity contribution in [1.29, 1.82) is 0 Å². The smallest absolute Gasteiger partial charge is 0.290 e. The number of carbonyl (C=O) groups excluding carboxylic acids is 3. The molecular formula is C19H18ClN5O3S. The first kappa shape index (κ1) is 19.5. The maximum atomic E-state index is 12.4. The van der Waals surface area contributed by atoms with Crippen LogP contribution in [0.1, 0.15) is 22.3 Å². The average molecular weight is 432 g/mol. The third kappa shape index (κ3) is 4.15. The number of amides is 3. The minimum Gasteiger partial charge on any atom is -0.368 e. The number of aromatic nitrogens is 2. The third-order valence-corrected chi connectivity index (χ3v) is 5.87. The molecule has 10 heteroatoms. The molecule has 0 radical (unpaired) electrons. The van der Waals surface area contributed by atoms with Gasteiger partial charge >= 0.3 is 0 Å². The van der Waals surface area contributed by atoms with E-state index in [1.54, 1.807) is 36.1 Å². The van der Waals surface area contributed by atoms with Gasteiger partial charge in [-0.2, -0.15) is 5.10 Å². The molecule has 2 saturated heterocycles. The van der Waals surface area contributed by atoms with Crippen LogP contribution >= 0.6 is 23.4 Å². The van der Waals surface area contributed by atoms with Crippen molar-refractivity contribution in [2.75, 3.05) is 18.0 Å². The van der Waals surface area contributed by atoms with Gasteiger partial charge in [0, 0.05) is 37.9 Å². The summed E-state index contributed by atoms with van der Waals surface area (Å²) in [5.74, 6) is -0.571. The van der Waals surface area contributed by atoms with Gasteiger partial charge in [0.25, 0.3) is 17.1 Å². The summed E-state index contributed by atoms with van der Waals surface area (Å²) in [6.45, 7) is 1.29. The summed E-state index contributed by atoms with van der Waals surface area (Å²) >= 11 is 7.34. The maximum absolute atomic E-state index is 12.4. The van der Waals surface area contributed by atoms with Crippen molar-refractivity contribution in [3.05, 3.63) is 51.6 Å². The summed E-state index contributed by atoms with van der Waals surface area (Å²) in [5.41, 5.74) is 2.06. The molecule has 0 saturated carbocycles. The summed E-state index contributed by atoms with van der Waals surface area (Å²) in [6.07, 6.45) is 5.65. The summed E-state index contributed by atoms with van der Waals surface area (Å²) in [4.78, 5) is 38.1. The van der Waals surface area contributed by atoms with E-state index in [0.717, 1.165) is 29.4 Å². The van der Waals surface area contributed by atoms with Gasteiger partial charge in [-0.3, -0.25) is 24.4 Å². The lowest BCUT2D eigenvalue weighted by molar-refractivity contribution is -0.115. The van der Waals surface area contributed by atoms with Crippen LogP contribution in [0.15, 0.2) is 35.5 Å². The summed E-state index contributed by atoms with van der Waals surface area (Å²) in [5, 5.41) is 9.47. The van der Waals surface area contributed by atoms with Crippen LogP contribution in [-0.2, 0) is 11.8 Å². The zero-order chi connectivity index (χ0) is 20.5. The van der Waals surface area contributed by atoms with E-state index in [-0.39, 0.29) is 17.2 Å². The quantitative estimate of drug-likeness (QED) is 0.721. The molecule has 0 unspecified atom stereocenters. The van der Waals surface area contributed by atoms with Gasteiger partial charge in [0.1, 0.15) is 0 Å². The number of halogens is 1. The highest BCUT2D eigenvalue weighted by atomic mass is 35.5. The van der Waals surface area contributed by atoms with Crippen LogP contribution < -0.4 is 15.5 Å². The molecule has 2 N–H and O–H groups in total. The van der Waals surface area contributed by atoms with E-state index >= 15 is 0 Å². The molecule has 4 rings (SSSR count). The van der Waals surface area contributed by atoms with Crippen molar-refractivity contribution in [3.8, 4) is 0 Å². The fraction of sp³-hybridized carbons (Fsp3) is 0.263. The van der Waals surface area contributed by atoms with E-state index in [1.807, 2.05) is 6.07 Å². The Bertz CT molecular complexity index is 1030. The van der Waals surface area contributed by atoms with E-state index in [2.05, 4.69) is 20.6 Å². The average Bonchev–Trinajstić information content (AvgIpc) is 3.37. The van der Waals surface area contributed by atoms with E-state index in [1.165, 1.54) is 6.20 Å². The minimum absolute atomic E-state index is 0.0368. The van der Waals surface area contributed by atoms with Crippen molar-refractivity contribution < 1.29 is 14.4 Å². The number of hydrogen-bond donors (Lipinski definition) is 2. The van der Waals surface area contributed by atoms with E-state index < -0.39 is 5.91 Å². The van der Waals surface area contributed by atoms with Crippen molar-refractivity contribution in [3.63, 3.8) is 0 Å². The molecule has 1 aromatic carbocycles. The number of nitrogens with one attached hydrogen (secondary N) is 2. The number of rotatable bonds is 4. The molecule has 2 aromatic rings. The molecule has 1 aromatic heterocycles. The summed E-state index contributed by atoms with van der Waals surface area (Å²) in [6, 6.07) is 5.40. The molecule has 8 nitrogen and oxygen atoms in total. The number of para-hydroxylation sites is 1. The van der Waals surface area contributed by atoms with Gasteiger partial charge in [-0.05, 0) is 30.3 Å². The third-order valence-electron chi connectivity index (χ3n) is 4.75. The number of benzene rings is 1. The Hall–Kier alpha value is -2.78. The van der Waals surface area contributed by atoms with Crippen LogP contribution in [0.25, 0.3) is 6.08 Å². The van der Waals surface area contributed by atoms with Gasteiger partial charge in [0.15, 0.2) is 0 Å². The predicted molar refractivity (Wildman–Crippen MR) is 112 cm³/mol. The Labute approximate surface area is 176 Å². The Kier molecular flexibility index (Phi) is 5.33. The van der Waals surface area contributed by atoms with Crippen LogP contribution in [-0.4, -0.2) is 46.0 Å². The largest absolute Gasteiger partial charge is 0.368 e. The van der Waals surface area contributed by atoms with Gasteiger partial charge in [-0.25, -0.2) is 0 Å². The molecule has 0 aliphatic carbocycles. The highest BCUT2D eigenvalue weighted by Gasteiger charge is 2.29. The van der Waals surface area contributed by atoms with Gasteiger partial charge in [0.05, 0.1) is 27.4 Å². The van der Waals surface area contributed by atoms with Crippen molar-refractivity contribution in [1.82, 2.24) is 20.4 Å². The second kappa shape index (κ2) is 7.92. The molecule has 0 spiro atoms. The highest BCUT2D eigenvalue weighted by molar-refractivity contribution is 8.18. The lowest BCUT2D eigenvalue weighted by Gasteiger charge is -2.22. The summed E-state index contributed by atoms with van der Waals surface area (Å²) in [7, 11) is 1.76. The normalized spacial score (nSPS) is 20.4. The van der Waals surface area contributed by atoms with Crippen molar-refractivity contribution in [2.45, 2.75) is 12.5 Å². The first-order valence-corrected chi connectivity index (χ1v) is 10.2. The zero-order valence-corrected chi connectivity index (χ0v) is 17.1. The van der Waals surface area contributed by atoms with Crippen LogP contribution in [0.2, 0.25) is 5.02 Å². The molecule has 2 aliphatic rings. The van der Waals surface area contributed by atoms with Crippen LogP contribution in [0.4, 0.5) is 10.5 Å². The maximum Gasteiger partial charge on any atom is 0.290 e. The minimum atomic E-state index is -0.408. The fourth-order valence-corrected chi connectivity index (χ4v) is 4.41. The predicted octanol–water partition coefficient (Wildman–Crippen LogP) is 2.41. The highest BCUT2D eigenvalue weighted by Crippen LogP contribution is 2.36. The van der Waals surface area contributed by atoms with E-state index in [9.17, 15) is 14.4 Å². The standard InChI is InChI=1S/C19H18ClN5O3S/c1-24-9-12(8-21-24)17(26)22-13-5-6-25(10-13)16-11(3-2-4-14(16)20)7-15-18(27)23-19(28)29-15/h2-4,7-9,13H,5-6,10H2,1H3,(H,22,26)(H,23,27,28)/b15-7-/t13-/m0/s1. The second-order valence-corrected chi connectivity index (χ2v) is 8.26. The van der Waals surface area contributed by atoms with Crippen molar-refractivity contribution in [2.24, 2.45) is 7.05 Å². The van der Waals surface area contributed by atoms with Crippen LogP contribution in [0.3, 0.4) is 0 Å². The monoisotopic (exact) mass is 431 g/mol. The van der Waals surface area contributed by atoms with E-state index in [0.29, 0.717) is 28.6 Å². The Balaban J connectivity index is 1.52. The molecule has 1 atom stereocenters. The SMILES string of the molecule is Cn1cc(C(=O)N[C@H]2CCN(c3c(Cl)cccc3/C=C3\SC(=O)NC3=O)C2)cn1. The summed E-state index contributed by atoms with van der Waals surface area (Å²) < 4.78 is 1.58. The Morgan fingerprint density at radius 3 is 2.93 bits per heavy atom. The van der Waals surface area contributed by atoms with Gasteiger partial charge in [-0.1, -0.05) is 23.7 Å². The topological polar surface area (TPSA) is 96.3 Å². The molecule has 3 heterocycles. The number of imide groups is 1. The number of nitrogens with zero attached hydrogens (tertiary/aromatic N) is 3. The first-order valence-electron chi connectivity index (χ1n) is 8.98. The number of anilines is 1. The molecule has 150 valence electrons. The van der Waals surface area contributed by atoms with Gasteiger partial charge < -0.3 is 10.2 Å².